The van der Waals surface area contributed by atoms with Crippen LogP contribution in [0.4, 0.5) is 0 Å². The van der Waals surface area contributed by atoms with Crippen molar-refractivity contribution in [2.45, 2.75) is 39.5 Å². The molecule has 1 heterocycles. The number of aromatic nitrogens is 3. The van der Waals surface area contributed by atoms with Gasteiger partial charge in [-0.3, -0.25) is 4.68 Å². The number of unbranched alkanes of at least 4 members (excludes halogenated alkanes) is 3. The van der Waals surface area contributed by atoms with E-state index < -0.39 is 0 Å². The summed E-state index contributed by atoms with van der Waals surface area (Å²) < 4.78 is 7.08. The average molecular weight is 254 g/mol. The van der Waals surface area contributed by atoms with Gasteiger partial charge in [0, 0.05) is 7.05 Å². The molecule has 5 nitrogen and oxygen atoms in total. The number of hydrogen-bond donors (Lipinski definition) is 1. The standard InChI is InChI=1S/C13H26N4O/c1-12(2)10-14-8-6-4-5-7-9-18-13-15-11-17(3)16-13/h11-12,14H,4-10H2,1-3H3. The molecular weight excluding hydrogens is 228 g/mol. The Morgan fingerprint density at radius 1 is 1.28 bits per heavy atom. The summed E-state index contributed by atoms with van der Waals surface area (Å²) in [4.78, 5) is 4.01. The van der Waals surface area contributed by atoms with Crippen molar-refractivity contribution in [3.8, 4) is 6.01 Å². The van der Waals surface area contributed by atoms with Crippen LogP contribution < -0.4 is 10.1 Å². The molecule has 1 aromatic rings. The van der Waals surface area contributed by atoms with Gasteiger partial charge in [-0.1, -0.05) is 26.7 Å². The molecule has 1 aromatic heterocycles. The maximum absolute atomic E-state index is 5.43. The Hall–Kier alpha value is -1.10. The molecule has 0 saturated heterocycles. The zero-order valence-electron chi connectivity index (χ0n) is 11.9. The van der Waals surface area contributed by atoms with Crippen molar-refractivity contribution in [2.24, 2.45) is 13.0 Å². The van der Waals surface area contributed by atoms with Crippen molar-refractivity contribution in [1.82, 2.24) is 20.1 Å². The minimum absolute atomic E-state index is 0.483. The number of hydrogen-bond acceptors (Lipinski definition) is 4. The fraction of sp³-hybridized carbons (Fsp3) is 0.846. The minimum atomic E-state index is 0.483. The van der Waals surface area contributed by atoms with Gasteiger partial charge in [0.1, 0.15) is 6.33 Å². The summed E-state index contributed by atoms with van der Waals surface area (Å²) in [5.41, 5.74) is 0. The number of rotatable bonds is 10. The first-order chi connectivity index (χ1) is 8.68. The van der Waals surface area contributed by atoms with Crippen molar-refractivity contribution in [2.75, 3.05) is 19.7 Å². The maximum Gasteiger partial charge on any atom is 0.335 e. The highest BCUT2D eigenvalue weighted by Gasteiger charge is 1.98. The van der Waals surface area contributed by atoms with E-state index in [1.165, 1.54) is 19.3 Å². The third-order valence-electron chi connectivity index (χ3n) is 2.61. The first kappa shape index (κ1) is 15.0. The lowest BCUT2D eigenvalue weighted by Gasteiger charge is -2.06. The van der Waals surface area contributed by atoms with Gasteiger partial charge in [-0.15, -0.1) is 5.10 Å². The summed E-state index contributed by atoms with van der Waals surface area (Å²) in [5.74, 6) is 0.740. The molecule has 104 valence electrons. The number of aryl methyl sites for hydroxylation is 1. The first-order valence-corrected chi connectivity index (χ1v) is 6.87. The predicted octanol–water partition coefficient (Wildman–Crippen LogP) is 2.00. The fourth-order valence-corrected chi connectivity index (χ4v) is 1.65. The molecule has 0 radical (unpaired) electrons. The van der Waals surface area contributed by atoms with Gasteiger partial charge in [-0.2, -0.15) is 4.98 Å². The van der Waals surface area contributed by atoms with Crippen LogP contribution in [0.3, 0.4) is 0 Å². The van der Waals surface area contributed by atoms with Gasteiger partial charge in [0.2, 0.25) is 0 Å². The van der Waals surface area contributed by atoms with Crippen molar-refractivity contribution in [3.63, 3.8) is 0 Å². The van der Waals surface area contributed by atoms with Gasteiger partial charge in [-0.25, -0.2) is 0 Å². The Bertz CT molecular complexity index is 312. The van der Waals surface area contributed by atoms with Crippen LogP contribution >= 0.6 is 0 Å². The Morgan fingerprint density at radius 3 is 2.72 bits per heavy atom. The normalized spacial score (nSPS) is 11.1. The Morgan fingerprint density at radius 2 is 2.06 bits per heavy atom. The molecule has 0 aliphatic carbocycles. The highest BCUT2D eigenvalue weighted by atomic mass is 16.5. The summed E-state index contributed by atoms with van der Waals surface area (Å²) in [5, 5.41) is 7.51. The zero-order valence-corrected chi connectivity index (χ0v) is 11.9. The monoisotopic (exact) mass is 254 g/mol. The van der Waals surface area contributed by atoms with Crippen LogP contribution in [0.1, 0.15) is 39.5 Å². The Labute approximate surface area is 110 Å². The molecule has 0 amide bonds. The van der Waals surface area contributed by atoms with Crippen LogP contribution in [-0.2, 0) is 7.05 Å². The second kappa shape index (κ2) is 8.91. The molecule has 0 aliphatic heterocycles. The summed E-state index contributed by atoms with van der Waals surface area (Å²) in [6, 6.07) is 0.483. The summed E-state index contributed by atoms with van der Waals surface area (Å²) >= 11 is 0. The van der Waals surface area contributed by atoms with Gasteiger partial charge in [0.25, 0.3) is 0 Å². The smallest absolute Gasteiger partial charge is 0.335 e. The van der Waals surface area contributed by atoms with E-state index in [2.05, 4.69) is 29.2 Å². The molecule has 1 rings (SSSR count). The molecule has 0 bridgehead atoms. The van der Waals surface area contributed by atoms with Crippen molar-refractivity contribution in [3.05, 3.63) is 6.33 Å². The van der Waals surface area contributed by atoms with Gasteiger partial charge < -0.3 is 10.1 Å². The molecule has 1 N–H and O–H groups in total. The van der Waals surface area contributed by atoms with Gasteiger partial charge in [-0.05, 0) is 31.8 Å². The molecule has 0 aromatic carbocycles. The van der Waals surface area contributed by atoms with E-state index in [-0.39, 0.29) is 0 Å². The highest BCUT2D eigenvalue weighted by molar-refractivity contribution is 4.86. The minimum Gasteiger partial charge on any atom is -0.462 e. The molecule has 5 heteroatoms. The van der Waals surface area contributed by atoms with Gasteiger partial charge in [0.05, 0.1) is 6.61 Å². The Balaban J connectivity index is 1.84. The lowest BCUT2D eigenvalue weighted by atomic mass is 10.2. The second-order valence-electron chi connectivity index (χ2n) is 5.06. The number of ether oxygens (including phenoxy) is 1. The molecule has 0 spiro atoms. The van der Waals surface area contributed by atoms with Crippen LogP contribution in [0.15, 0.2) is 6.33 Å². The van der Waals surface area contributed by atoms with E-state index in [0.717, 1.165) is 25.4 Å². The first-order valence-electron chi connectivity index (χ1n) is 6.87. The van der Waals surface area contributed by atoms with E-state index in [1.807, 2.05) is 7.05 Å². The molecule has 0 fully saturated rings. The molecule has 0 aliphatic rings. The quantitative estimate of drug-likeness (QED) is 0.649. The third-order valence-corrected chi connectivity index (χ3v) is 2.61. The zero-order chi connectivity index (χ0) is 13.2. The SMILES string of the molecule is CC(C)CNCCCCCCOc1ncn(C)n1. The summed E-state index contributed by atoms with van der Waals surface area (Å²) in [6.45, 7) is 7.42. The van der Waals surface area contributed by atoms with Crippen LogP contribution in [0.25, 0.3) is 0 Å². The van der Waals surface area contributed by atoms with Crippen LogP contribution in [0.2, 0.25) is 0 Å². The molecule has 18 heavy (non-hydrogen) atoms. The van der Waals surface area contributed by atoms with Crippen LogP contribution in [0.5, 0.6) is 6.01 Å². The predicted molar refractivity (Wildman–Crippen MR) is 72.7 cm³/mol. The average Bonchev–Trinajstić information content (AvgIpc) is 2.72. The van der Waals surface area contributed by atoms with Crippen molar-refractivity contribution in [1.29, 1.82) is 0 Å². The maximum atomic E-state index is 5.43. The topological polar surface area (TPSA) is 52.0 Å². The third kappa shape index (κ3) is 7.27. The van der Waals surface area contributed by atoms with E-state index in [9.17, 15) is 0 Å². The largest absolute Gasteiger partial charge is 0.462 e. The number of nitrogens with one attached hydrogen (secondary N) is 1. The summed E-state index contributed by atoms with van der Waals surface area (Å²) in [7, 11) is 1.84. The van der Waals surface area contributed by atoms with E-state index in [1.54, 1.807) is 11.0 Å². The fourth-order valence-electron chi connectivity index (χ4n) is 1.65. The Kier molecular flexibility index (Phi) is 7.41. The lowest BCUT2D eigenvalue weighted by molar-refractivity contribution is 0.280. The van der Waals surface area contributed by atoms with Crippen LogP contribution in [-0.4, -0.2) is 34.5 Å². The van der Waals surface area contributed by atoms with E-state index in [0.29, 0.717) is 12.6 Å². The second-order valence-corrected chi connectivity index (χ2v) is 5.06. The molecule has 0 unspecified atom stereocenters. The van der Waals surface area contributed by atoms with Crippen molar-refractivity contribution >= 4 is 0 Å². The van der Waals surface area contributed by atoms with Gasteiger partial charge >= 0.3 is 6.01 Å². The highest BCUT2D eigenvalue weighted by Crippen LogP contribution is 2.03. The summed E-state index contributed by atoms with van der Waals surface area (Å²) in [6.07, 6.45) is 6.42. The molecular formula is C13H26N4O. The van der Waals surface area contributed by atoms with Crippen molar-refractivity contribution < 1.29 is 4.74 Å². The van der Waals surface area contributed by atoms with E-state index in [4.69, 9.17) is 4.74 Å². The van der Waals surface area contributed by atoms with Crippen LogP contribution in [0, 0.1) is 5.92 Å². The molecule has 0 atom stereocenters. The van der Waals surface area contributed by atoms with Gasteiger partial charge in [0.15, 0.2) is 0 Å². The number of nitrogens with zero attached hydrogens (tertiary/aromatic N) is 3. The molecule has 0 saturated carbocycles. The van der Waals surface area contributed by atoms with E-state index >= 15 is 0 Å². The lowest BCUT2D eigenvalue weighted by Crippen LogP contribution is -2.20.